The smallest absolute Gasteiger partial charge is 0.314 e. The van der Waals surface area contributed by atoms with Gasteiger partial charge in [-0.1, -0.05) is 28.1 Å². The number of benzene rings is 2. The van der Waals surface area contributed by atoms with E-state index in [1.807, 2.05) is 36.4 Å². The molecule has 0 N–H and O–H groups in total. The summed E-state index contributed by atoms with van der Waals surface area (Å²) in [6.45, 7) is 0. The van der Waals surface area contributed by atoms with Gasteiger partial charge in [0.25, 0.3) is 0 Å². The minimum Gasteiger partial charge on any atom is -0.426 e. The van der Waals surface area contributed by atoms with Gasteiger partial charge < -0.3 is 4.74 Å². The monoisotopic (exact) mass is 290 g/mol. The second-order valence-electron chi connectivity index (χ2n) is 4.35. The van der Waals surface area contributed by atoms with Crippen LogP contribution < -0.4 is 4.74 Å². The lowest BCUT2D eigenvalue weighted by atomic mass is 10.1. The number of hydrogen-bond acceptors (Lipinski definition) is 2. The summed E-state index contributed by atoms with van der Waals surface area (Å²) in [5, 5.41) is 2.21. The average Bonchev–Trinajstić information content (AvgIpc) is 3.13. The summed E-state index contributed by atoms with van der Waals surface area (Å²) in [6, 6.07) is 11.7. The molecule has 0 bridgehead atoms. The Morgan fingerprint density at radius 1 is 1.12 bits per heavy atom. The number of ether oxygens (including phenoxy) is 1. The Labute approximate surface area is 108 Å². The second-order valence-corrected chi connectivity index (χ2v) is 5.26. The molecule has 1 aliphatic rings. The lowest BCUT2D eigenvalue weighted by Crippen LogP contribution is -2.09. The molecule has 0 aromatic heterocycles. The Morgan fingerprint density at radius 3 is 2.59 bits per heavy atom. The summed E-state index contributed by atoms with van der Waals surface area (Å²) in [5.74, 6) is 0.675. The highest BCUT2D eigenvalue weighted by molar-refractivity contribution is 9.10. The molecule has 0 radical (unpaired) electrons. The molecule has 0 heterocycles. The zero-order chi connectivity index (χ0) is 11.8. The van der Waals surface area contributed by atoms with Crippen LogP contribution in [0.15, 0.2) is 40.9 Å². The zero-order valence-electron chi connectivity index (χ0n) is 9.15. The molecule has 2 nitrogen and oxygen atoms in total. The summed E-state index contributed by atoms with van der Waals surface area (Å²) in [7, 11) is 0. The van der Waals surface area contributed by atoms with Crippen molar-refractivity contribution in [3.05, 3.63) is 40.9 Å². The summed E-state index contributed by atoms with van der Waals surface area (Å²) in [6.07, 6.45) is 1.94. The van der Waals surface area contributed by atoms with Crippen LogP contribution in [0.5, 0.6) is 5.75 Å². The minimum atomic E-state index is -0.0959. The van der Waals surface area contributed by atoms with Gasteiger partial charge in [-0.05, 0) is 47.9 Å². The van der Waals surface area contributed by atoms with E-state index >= 15 is 0 Å². The molecule has 1 fully saturated rings. The highest BCUT2D eigenvalue weighted by Gasteiger charge is 2.31. The highest BCUT2D eigenvalue weighted by atomic mass is 79.9. The van der Waals surface area contributed by atoms with Gasteiger partial charge in [-0.25, -0.2) is 0 Å². The number of halogens is 1. The number of carbonyl (C=O) groups excluding carboxylic acids is 1. The molecule has 0 aliphatic heterocycles. The topological polar surface area (TPSA) is 26.3 Å². The van der Waals surface area contributed by atoms with E-state index in [0.29, 0.717) is 5.75 Å². The van der Waals surface area contributed by atoms with Crippen LogP contribution in [-0.2, 0) is 4.79 Å². The first kappa shape index (κ1) is 10.8. The number of rotatable bonds is 2. The maximum Gasteiger partial charge on any atom is 0.314 e. The van der Waals surface area contributed by atoms with Crippen LogP contribution in [0.25, 0.3) is 10.8 Å². The van der Waals surface area contributed by atoms with Gasteiger partial charge in [0.15, 0.2) is 0 Å². The molecule has 2 aromatic carbocycles. The van der Waals surface area contributed by atoms with Crippen molar-refractivity contribution in [3.8, 4) is 5.75 Å². The Hall–Kier alpha value is -1.35. The van der Waals surface area contributed by atoms with Crippen molar-refractivity contribution in [2.24, 2.45) is 5.92 Å². The zero-order valence-corrected chi connectivity index (χ0v) is 10.7. The van der Waals surface area contributed by atoms with Crippen LogP contribution in [0.1, 0.15) is 12.8 Å². The molecule has 0 atom stereocenters. The molecule has 0 unspecified atom stereocenters. The van der Waals surface area contributed by atoms with Crippen LogP contribution in [0.3, 0.4) is 0 Å². The molecule has 3 heteroatoms. The average molecular weight is 291 g/mol. The predicted molar refractivity (Wildman–Crippen MR) is 70.0 cm³/mol. The first-order chi connectivity index (χ1) is 8.22. The summed E-state index contributed by atoms with van der Waals surface area (Å²) in [5.41, 5.74) is 0. The predicted octanol–water partition coefficient (Wildman–Crippen LogP) is 3.92. The molecule has 0 spiro atoms. The molecule has 1 aliphatic carbocycles. The molecule has 2 aromatic rings. The van der Waals surface area contributed by atoms with Gasteiger partial charge in [-0.2, -0.15) is 0 Å². The standard InChI is InChI=1S/C14H11BrO2/c15-12-5-3-11-8-13(6-4-10(11)7-12)17-14(16)9-1-2-9/h3-9H,1-2H2. The quantitative estimate of drug-likeness (QED) is 0.619. The Kier molecular flexibility index (Phi) is 2.63. The first-order valence-electron chi connectivity index (χ1n) is 5.63. The number of hydrogen-bond donors (Lipinski definition) is 0. The maximum atomic E-state index is 11.5. The molecular weight excluding hydrogens is 280 g/mol. The van der Waals surface area contributed by atoms with Gasteiger partial charge in [0.2, 0.25) is 0 Å². The van der Waals surface area contributed by atoms with E-state index in [1.165, 1.54) is 0 Å². The van der Waals surface area contributed by atoms with Crippen molar-refractivity contribution >= 4 is 32.7 Å². The van der Waals surface area contributed by atoms with Crippen molar-refractivity contribution in [2.45, 2.75) is 12.8 Å². The number of esters is 1. The molecule has 3 rings (SSSR count). The summed E-state index contributed by atoms with van der Waals surface area (Å²) in [4.78, 5) is 11.5. The van der Waals surface area contributed by atoms with Gasteiger partial charge in [-0.3, -0.25) is 4.79 Å². The first-order valence-corrected chi connectivity index (χ1v) is 6.43. The SMILES string of the molecule is O=C(Oc1ccc2cc(Br)ccc2c1)C1CC1. The molecule has 86 valence electrons. The van der Waals surface area contributed by atoms with E-state index < -0.39 is 0 Å². The fraction of sp³-hybridized carbons (Fsp3) is 0.214. The lowest BCUT2D eigenvalue weighted by Gasteiger charge is -2.05. The van der Waals surface area contributed by atoms with Gasteiger partial charge in [0.05, 0.1) is 5.92 Å². The maximum absolute atomic E-state index is 11.5. The molecule has 0 amide bonds. The summed E-state index contributed by atoms with van der Waals surface area (Å²) >= 11 is 3.43. The van der Waals surface area contributed by atoms with Crippen LogP contribution in [0, 0.1) is 5.92 Å². The Balaban J connectivity index is 1.90. The molecule has 0 saturated heterocycles. The van der Waals surface area contributed by atoms with E-state index in [9.17, 15) is 4.79 Å². The third-order valence-corrected chi connectivity index (χ3v) is 3.40. The number of carbonyl (C=O) groups is 1. The van der Waals surface area contributed by atoms with Crippen molar-refractivity contribution in [3.63, 3.8) is 0 Å². The highest BCUT2D eigenvalue weighted by Crippen LogP contribution is 2.31. The van der Waals surface area contributed by atoms with E-state index in [-0.39, 0.29) is 11.9 Å². The van der Waals surface area contributed by atoms with Crippen LogP contribution in [0.2, 0.25) is 0 Å². The summed E-state index contributed by atoms with van der Waals surface area (Å²) < 4.78 is 6.37. The van der Waals surface area contributed by atoms with E-state index in [4.69, 9.17) is 4.74 Å². The van der Waals surface area contributed by atoms with E-state index in [1.54, 1.807) is 0 Å². The fourth-order valence-corrected chi connectivity index (χ4v) is 2.16. The fourth-order valence-electron chi connectivity index (χ4n) is 1.78. The minimum absolute atomic E-state index is 0.0959. The molecule has 17 heavy (non-hydrogen) atoms. The van der Waals surface area contributed by atoms with Crippen molar-refractivity contribution in [2.75, 3.05) is 0 Å². The third kappa shape index (κ3) is 2.34. The van der Waals surface area contributed by atoms with Crippen LogP contribution in [-0.4, -0.2) is 5.97 Å². The normalized spacial score (nSPS) is 14.9. The Morgan fingerprint density at radius 2 is 1.82 bits per heavy atom. The van der Waals surface area contributed by atoms with Gasteiger partial charge >= 0.3 is 5.97 Å². The number of fused-ring (bicyclic) bond motifs is 1. The van der Waals surface area contributed by atoms with Gasteiger partial charge in [0.1, 0.15) is 5.75 Å². The molecule has 1 saturated carbocycles. The van der Waals surface area contributed by atoms with E-state index in [2.05, 4.69) is 15.9 Å². The van der Waals surface area contributed by atoms with Gasteiger partial charge in [-0.15, -0.1) is 0 Å². The second kappa shape index (κ2) is 4.15. The Bertz CT molecular complexity index is 588. The molecular formula is C14H11BrO2. The lowest BCUT2D eigenvalue weighted by molar-refractivity contribution is -0.135. The third-order valence-electron chi connectivity index (χ3n) is 2.90. The van der Waals surface area contributed by atoms with E-state index in [0.717, 1.165) is 28.1 Å². The van der Waals surface area contributed by atoms with Crippen LogP contribution in [0.4, 0.5) is 0 Å². The van der Waals surface area contributed by atoms with Crippen molar-refractivity contribution in [1.82, 2.24) is 0 Å². The van der Waals surface area contributed by atoms with Crippen molar-refractivity contribution < 1.29 is 9.53 Å². The van der Waals surface area contributed by atoms with Gasteiger partial charge in [0, 0.05) is 4.47 Å². The van der Waals surface area contributed by atoms with Crippen LogP contribution >= 0.6 is 15.9 Å². The van der Waals surface area contributed by atoms with Crippen molar-refractivity contribution in [1.29, 1.82) is 0 Å². The largest absolute Gasteiger partial charge is 0.426 e.